The third-order valence-corrected chi connectivity index (χ3v) is 3.05. The van der Waals surface area contributed by atoms with Crippen LogP contribution >= 0.6 is 0 Å². The molecular weight excluding hydrogens is 122 g/mol. The minimum Gasteiger partial charge on any atom is -0.206 e. The van der Waals surface area contributed by atoms with Crippen molar-refractivity contribution >= 4 is 0 Å². The summed E-state index contributed by atoms with van der Waals surface area (Å²) >= 11 is 0. The fourth-order valence-corrected chi connectivity index (χ4v) is 1.96. The summed E-state index contributed by atoms with van der Waals surface area (Å²) in [6.07, 6.45) is 1.65. The molecule has 0 spiro atoms. The van der Waals surface area contributed by atoms with Crippen LogP contribution in [0, 0.1) is 11.3 Å². The van der Waals surface area contributed by atoms with Gasteiger partial charge in [-0.3, -0.25) is 0 Å². The highest BCUT2D eigenvalue weighted by Crippen LogP contribution is 2.69. The first-order valence-corrected chi connectivity index (χ1v) is 3.44. The topological polar surface area (TPSA) is 0 Å². The fourth-order valence-electron chi connectivity index (χ4n) is 1.96. The van der Waals surface area contributed by atoms with Gasteiger partial charge < -0.3 is 0 Å². The maximum atomic E-state index is 12.8. The molecule has 9 heavy (non-hydrogen) atoms. The Kier molecular flexibility index (Phi) is 0.725. The van der Waals surface area contributed by atoms with E-state index in [-0.39, 0.29) is 6.42 Å². The van der Waals surface area contributed by atoms with Crippen molar-refractivity contribution in [2.24, 2.45) is 11.3 Å². The molecule has 2 rings (SSSR count). The molecule has 0 radical (unpaired) electrons. The lowest BCUT2D eigenvalue weighted by Gasteiger charge is -2.17. The summed E-state index contributed by atoms with van der Waals surface area (Å²) in [7, 11) is 0. The third kappa shape index (κ3) is 0.474. The van der Waals surface area contributed by atoms with Gasteiger partial charge in [-0.1, -0.05) is 6.92 Å². The van der Waals surface area contributed by atoms with Crippen LogP contribution in [-0.4, -0.2) is 5.92 Å². The molecule has 2 heteroatoms. The predicted octanol–water partition coefficient (Wildman–Crippen LogP) is 2.44. The molecule has 0 nitrogen and oxygen atoms in total. The van der Waals surface area contributed by atoms with Gasteiger partial charge in [0.1, 0.15) is 0 Å². The largest absolute Gasteiger partial charge is 0.253 e. The number of rotatable bonds is 0. The molecular formula is C7H10F2. The number of hydrogen-bond acceptors (Lipinski definition) is 0. The van der Waals surface area contributed by atoms with Crippen molar-refractivity contribution in [3.63, 3.8) is 0 Å². The van der Waals surface area contributed by atoms with Gasteiger partial charge in [0.15, 0.2) is 0 Å². The quantitative estimate of drug-likeness (QED) is 0.475. The summed E-state index contributed by atoms with van der Waals surface area (Å²) < 4.78 is 25.5. The van der Waals surface area contributed by atoms with E-state index < -0.39 is 11.3 Å². The van der Waals surface area contributed by atoms with E-state index >= 15 is 0 Å². The maximum Gasteiger partial charge on any atom is 0.253 e. The Balaban J connectivity index is 2.28. The number of hydrogen-bond donors (Lipinski definition) is 0. The first-order valence-electron chi connectivity index (χ1n) is 3.44. The molecule has 0 amide bonds. The van der Waals surface area contributed by atoms with Gasteiger partial charge in [0.25, 0.3) is 5.92 Å². The van der Waals surface area contributed by atoms with E-state index in [1.807, 2.05) is 0 Å². The molecule has 0 aromatic carbocycles. The monoisotopic (exact) mass is 132 g/mol. The molecule has 0 aromatic heterocycles. The molecule has 2 aliphatic carbocycles. The van der Waals surface area contributed by atoms with E-state index in [0.29, 0.717) is 5.92 Å². The van der Waals surface area contributed by atoms with E-state index in [0.717, 1.165) is 12.8 Å². The van der Waals surface area contributed by atoms with Crippen LogP contribution in [0.15, 0.2) is 0 Å². The molecule has 2 aliphatic rings. The van der Waals surface area contributed by atoms with Gasteiger partial charge in [0.2, 0.25) is 0 Å². The minimum absolute atomic E-state index is 0.133. The molecule has 0 aliphatic heterocycles. The Morgan fingerprint density at radius 2 is 2.11 bits per heavy atom. The van der Waals surface area contributed by atoms with Crippen LogP contribution < -0.4 is 0 Å². The maximum absolute atomic E-state index is 12.8. The second-order valence-corrected chi connectivity index (χ2v) is 3.56. The zero-order valence-corrected chi connectivity index (χ0v) is 5.45. The Morgan fingerprint density at radius 3 is 2.22 bits per heavy atom. The molecule has 0 bridgehead atoms. The Bertz CT molecular complexity index is 148. The zero-order chi connectivity index (χ0) is 6.70. The fraction of sp³-hybridized carbons (Fsp3) is 1.00. The highest BCUT2D eigenvalue weighted by atomic mass is 19.3. The van der Waals surface area contributed by atoms with E-state index in [1.165, 1.54) is 0 Å². The molecule has 0 saturated heterocycles. The van der Waals surface area contributed by atoms with Crippen molar-refractivity contribution in [3.8, 4) is 0 Å². The summed E-state index contributed by atoms with van der Waals surface area (Å²) in [5, 5.41) is 0. The standard InChI is InChI=1S/C7H10F2/c1-6-4-5(6)2-3-7(6,8)9/h5H,2-4H2,1H3. The number of alkyl halides is 2. The normalized spacial score (nSPS) is 53.0. The van der Waals surface area contributed by atoms with Crippen LogP contribution in [0.4, 0.5) is 8.78 Å². The minimum atomic E-state index is -2.34. The molecule has 2 saturated carbocycles. The SMILES string of the molecule is CC12CC1CCC2(F)F. The average molecular weight is 132 g/mol. The lowest BCUT2D eigenvalue weighted by atomic mass is 10.0. The van der Waals surface area contributed by atoms with E-state index in [9.17, 15) is 8.78 Å². The van der Waals surface area contributed by atoms with Gasteiger partial charge in [-0.05, 0) is 18.8 Å². The van der Waals surface area contributed by atoms with Crippen LogP contribution in [0.25, 0.3) is 0 Å². The van der Waals surface area contributed by atoms with Crippen LogP contribution in [0.5, 0.6) is 0 Å². The van der Waals surface area contributed by atoms with Crippen molar-refractivity contribution in [2.75, 3.05) is 0 Å². The summed E-state index contributed by atoms with van der Waals surface area (Å²) in [6.45, 7) is 1.71. The van der Waals surface area contributed by atoms with Crippen molar-refractivity contribution in [1.82, 2.24) is 0 Å². The molecule has 2 unspecified atom stereocenters. The Labute approximate surface area is 53.2 Å². The van der Waals surface area contributed by atoms with Gasteiger partial charge in [-0.25, -0.2) is 8.78 Å². The van der Waals surface area contributed by atoms with Gasteiger partial charge >= 0.3 is 0 Å². The number of halogens is 2. The molecule has 0 N–H and O–H groups in total. The molecule has 52 valence electrons. The summed E-state index contributed by atoms with van der Waals surface area (Å²) in [4.78, 5) is 0. The van der Waals surface area contributed by atoms with Crippen molar-refractivity contribution in [1.29, 1.82) is 0 Å². The van der Waals surface area contributed by atoms with Gasteiger partial charge in [-0.2, -0.15) is 0 Å². The molecule has 0 aromatic rings. The molecule has 2 fully saturated rings. The predicted molar refractivity (Wildman–Crippen MR) is 30.4 cm³/mol. The van der Waals surface area contributed by atoms with Crippen molar-refractivity contribution in [3.05, 3.63) is 0 Å². The average Bonchev–Trinajstić information content (AvgIpc) is 2.34. The van der Waals surface area contributed by atoms with Crippen molar-refractivity contribution < 1.29 is 8.78 Å². The molecule has 0 heterocycles. The summed E-state index contributed by atoms with van der Waals surface area (Å²) in [5.74, 6) is -1.98. The smallest absolute Gasteiger partial charge is 0.206 e. The Hall–Kier alpha value is -0.140. The lowest BCUT2D eigenvalue weighted by molar-refractivity contribution is -0.0547. The van der Waals surface area contributed by atoms with Crippen LogP contribution in [-0.2, 0) is 0 Å². The van der Waals surface area contributed by atoms with Gasteiger partial charge in [0.05, 0.1) is 0 Å². The van der Waals surface area contributed by atoms with Gasteiger partial charge in [0, 0.05) is 11.8 Å². The first-order chi connectivity index (χ1) is 4.06. The summed E-state index contributed by atoms with van der Waals surface area (Å²) in [5.41, 5.74) is -0.576. The van der Waals surface area contributed by atoms with Crippen LogP contribution in [0.2, 0.25) is 0 Å². The second kappa shape index (κ2) is 1.16. The van der Waals surface area contributed by atoms with E-state index in [1.54, 1.807) is 6.92 Å². The number of fused-ring (bicyclic) bond motifs is 1. The first kappa shape index (κ1) is 5.63. The third-order valence-electron chi connectivity index (χ3n) is 3.05. The second-order valence-electron chi connectivity index (χ2n) is 3.56. The Morgan fingerprint density at radius 1 is 1.44 bits per heavy atom. The lowest BCUT2D eigenvalue weighted by Crippen LogP contribution is -2.23. The zero-order valence-electron chi connectivity index (χ0n) is 5.45. The molecule has 2 atom stereocenters. The van der Waals surface area contributed by atoms with Gasteiger partial charge in [-0.15, -0.1) is 0 Å². The highest BCUT2D eigenvalue weighted by molar-refractivity contribution is 5.12. The highest BCUT2D eigenvalue weighted by Gasteiger charge is 2.69. The van der Waals surface area contributed by atoms with Crippen LogP contribution in [0.1, 0.15) is 26.2 Å². The van der Waals surface area contributed by atoms with E-state index in [2.05, 4.69) is 0 Å². The van der Waals surface area contributed by atoms with E-state index in [4.69, 9.17) is 0 Å². The van der Waals surface area contributed by atoms with Crippen molar-refractivity contribution in [2.45, 2.75) is 32.1 Å². The summed E-state index contributed by atoms with van der Waals surface area (Å²) in [6, 6.07) is 0. The van der Waals surface area contributed by atoms with Crippen LogP contribution in [0.3, 0.4) is 0 Å².